The van der Waals surface area contributed by atoms with Gasteiger partial charge in [-0.2, -0.15) is 10.2 Å². The van der Waals surface area contributed by atoms with Crippen LogP contribution in [0, 0.1) is 5.21 Å². The highest BCUT2D eigenvalue weighted by atomic mass is 16.5. The second-order valence-electron chi connectivity index (χ2n) is 6.30. The zero-order chi connectivity index (χ0) is 19.1. The first-order valence-electron chi connectivity index (χ1n) is 8.63. The van der Waals surface area contributed by atoms with Gasteiger partial charge in [0.05, 0.1) is 11.8 Å². The maximum Gasteiger partial charge on any atom is 0.270 e. The van der Waals surface area contributed by atoms with Crippen LogP contribution in [0.25, 0.3) is 28.1 Å². The van der Waals surface area contributed by atoms with Crippen LogP contribution in [0.3, 0.4) is 0 Å². The molecule has 5 aromatic rings. The Morgan fingerprint density at radius 3 is 2.75 bits per heavy atom. The Balaban J connectivity index is 1.60. The highest BCUT2D eigenvalue weighted by Crippen LogP contribution is 2.24. The average molecular weight is 373 g/mol. The SMILES string of the molecule is Cn1ncnc1-c1cnn2c1n[n+]([O-])c1ccc(OCc3ccccc3)cc12. The minimum absolute atomic E-state index is 0.396. The van der Waals surface area contributed by atoms with E-state index >= 15 is 0 Å². The minimum Gasteiger partial charge on any atom is -0.594 e. The molecule has 138 valence electrons. The number of fused-ring (bicyclic) bond motifs is 3. The molecular weight excluding hydrogens is 358 g/mol. The van der Waals surface area contributed by atoms with E-state index < -0.39 is 0 Å². The van der Waals surface area contributed by atoms with E-state index in [-0.39, 0.29) is 0 Å². The molecule has 0 bridgehead atoms. The van der Waals surface area contributed by atoms with Crippen LogP contribution in [0.15, 0.2) is 61.1 Å². The van der Waals surface area contributed by atoms with Gasteiger partial charge in [0, 0.05) is 24.3 Å². The van der Waals surface area contributed by atoms with Crippen LogP contribution in [-0.2, 0) is 13.7 Å². The highest BCUT2D eigenvalue weighted by Gasteiger charge is 2.20. The van der Waals surface area contributed by atoms with Gasteiger partial charge in [-0.1, -0.05) is 30.3 Å². The molecule has 5 rings (SSSR count). The third-order valence-corrected chi connectivity index (χ3v) is 4.51. The van der Waals surface area contributed by atoms with Crippen LogP contribution in [-0.4, -0.2) is 29.5 Å². The van der Waals surface area contributed by atoms with Crippen molar-refractivity contribution in [1.82, 2.24) is 29.5 Å². The molecule has 9 nitrogen and oxygen atoms in total. The summed E-state index contributed by atoms with van der Waals surface area (Å²) in [6, 6.07) is 15.1. The third kappa shape index (κ3) is 2.60. The molecule has 0 saturated heterocycles. The van der Waals surface area contributed by atoms with Crippen molar-refractivity contribution < 1.29 is 9.58 Å². The maximum atomic E-state index is 12.5. The van der Waals surface area contributed by atoms with Crippen LogP contribution in [0.4, 0.5) is 0 Å². The van der Waals surface area contributed by atoms with Crippen LogP contribution < -0.4 is 9.58 Å². The summed E-state index contributed by atoms with van der Waals surface area (Å²) in [5, 5.41) is 25.1. The largest absolute Gasteiger partial charge is 0.594 e. The van der Waals surface area contributed by atoms with E-state index in [0.717, 1.165) is 5.56 Å². The predicted molar refractivity (Wildman–Crippen MR) is 100 cm³/mol. The quantitative estimate of drug-likeness (QED) is 0.352. The Morgan fingerprint density at radius 2 is 1.96 bits per heavy atom. The van der Waals surface area contributed by atoms with Gasteiger partial charge in [-0.3, -0.25) is 0 Å². The van der Waals surface area contributed by atoms with Crippen molar-refractivity contribution >= 4 is 16.7 Å². The molecule has 0 unspecified atom stereocenters. The van der Waals surface area contributed by atoms with Gasteiger partial charge in [-0.25, -0.2) is 14.2 Å². The fraction of sp³-hybridized carbons (Fsp3) is 0.105. The topological polar surface area (TPSA) is 97.1 Å². The number of rotatable bonds is 4. The van der Waals surface area contributed by atoms with E-state index in [1.54, 1.807) is 40.6 Å². The van der Waals surface area contributed by atoms with Crippen molar-refractivity contribution in [2.24, 2.45) is 7.05 Å². The van der Waals surface area contributed by atoms with Crippen molar-refractivity contribution in [3.8, 4) is 17.1 Å². The van der Waals surface area contributed by atoms with Crippen LogP contribution in [0.5, 0.6) is 5.75 Å². The van der Waals surface area contributed by atoms with Crippen molar-refractivity contribution in [2.45, 2.75) is 6.61 Å². The molecule has 2 aromatic carbocycles. The van der Waals surface area contributed by atoms with Crippen molar-refractivity contribution in [3.63, 3.8) is 0 Å². The fourth-order valence-electron chi connectivity index (χ4n) is 3.12. The van der Waals surface area contributed by atoms with E-state index in [9.17, 15) is 5.21 Å². The van der Waals surface area contributed by atoms with E-state index in [0.29, 0.717) is 45.3 Å². The highest BCUT2D eigenvalue weighted by molar-refractivity contribution is 5.80. The third-order valence-electron chi connectivity index (χ3n) is 4.51. The smallest absolute Gasteiger partial charge is 0.270 e. The molecule has 0 aliphatic rings. The molecule has 0 spiro atoms. The fourth-order valence-corrected chi connectivity index (χ4v) is 3.12. The van der Waals surface area contributed by atoms with Gasteiger partial charge in [0.15, 0.2) is 5.82 Å². The second kappa shape index (κ2) is 6.31. The number of ether oxygens (including phenoxy) is 1. The summed E-state index contributed by atoms with van der Waals surface area (Å²) in [4.78, 5) is 4.81. The Morgan fingerprint density at radius 1 is 1.11 bits per heavy atom. The summed E-state index contributed by atoms with van der Waals surface area (Å²) in [5.41, 5.74) is 3.08. The molecule has 0 aliphatic heterocycles. The lowest BCUT2D eigenvalue weighted by molar-refractivity contribution is -0.640. The van der Waals surface area contributed by atoms with E-state index in [2.05, 4.69) is 20.3 Å². The Bertz CT molecular complexity index is 1290. The number of aromatic nitrogens is 7. The number of hydrogen-bond donors (Lipinski definition) is 0. The van der Waals surface area contributed by atoms with Gasteiger partial charge in [-0.05, 0) is 16.5 Å². The standard InChI is InChI=1S/C19H15N7O2/c1-24-18(20-12-22-24)15-10-21-25-17-9-14(28-11-13-5-3-2-4-6-13)7-8-16(17)26(27)23-19(15)25/h2-10,12H,11H2,1H3. The molecule has 0 radical (unpaired) electrons. The summed E-state index contributed by atoms with van der Waals surface area (Å²) in [7, 11) is 1.77. The zero-order valence-electron chi connectivity index (χ0n) is 14.9. The normalized spacial score (nSPS) is 11.3. The molecule has 0 amide bonds. The van der Waals surface area contributed by atoms with Crippen LogP contribution in [0.1, 0.15) is 5.56 Å². The Kier molecular flexibility index (Phi) is 3.64. The van der Waals surface area contributed by atoms with Gasteiger partial charge < -0.3 is 9.94 Å². The summed E-state index contributed by atoms with van der Waals surface area (Å²) in [5.74, 6) is 1.22. The molecule has 0 N–H and O–H groups in total. The first kappa shape index (κ1) is 16.2. The van der Waals surface area contributed by atoms with Gasteiger partial charge >= 0.3 is 0 Å². The number of hydrogen-bond acceptors (Lipinski definition) is 6. The molecule has 28 heavy (non-hydrogen) atoms. The zero-order valence-corrected chi connectivity index (χ0v) is 14.9. The molecule has 9 heteroatoms. The minimum atomic E-state index is 0.396. The Hall–Kier alpha value is -4.01. The molecule has 3 heterocycles. The number of benzene rings is 2. The lowest BCUT2D eigenvalue weighted by Gasteiger charge is -2.08. The summed E-state index contributed by atoms with van der Waals surface area (Å²) >= 11 is 0. The molecular formula is C19H15N7O2. The van der Waals surface area contributed by atoms with Gasteiger partial charge in [0.25, 0.3) is 5.52 Å². The predicted octanol–water partition coefficient (Wildman–Crippen LogP) is 1.89. The molecule has 0 fully saturated rings. The van der Waals surface area contributed by atoms with Crippen LogP contribution in [0.2, 0.25) is 0 Å². The van der Waals surface area contributed by atoms with Gasteiger partial charge in [0.2, 0.25) is 5.65 Å². The van der Waals surface area contributed by atoms with Crippen molar-refractivity contribution in [2.75, 3.05) is 0 Å². The molecule has 3 aromatic heterocycles. The number of aryl methyl sites for hydroxylation is 1. The maximum absolute atomic E-state index is 12.5. The van der Waals surface area contributed by atoms with E-state index in [1.165, 1.54) is 6.33 Å². The van der Waals surface area contributed by atoms with Gasteiger partial charge in [-0.15, -0.1) is 0 Å². The van der Waals surface area contributed by atoms with Crippen molar-refractivity contribution in [1.29, 1.82) is 0 Å². The number of nitrogens with zero attached hydrogens (tertiary/aromatic N) is 7. The van der Waals surface area contributed by atoms with Crippen LogP contribution >= 0.6 is 0 Å². The first-order chi connectivity index (χ1) is 13.7. The van der Waals surface area contributed by atoms with E-state index in [1.807, 2.05) is 30.3 Å². The van der Waals surface area contributed by atoms with E-state index in [4.69, 9.17) is 4.74 Å². The summed E-state index contributed by atoms with van der Waals surface area (Å²) < 4.78 is 9.11. The van der Waals surface area contributed by atoms with Gasteiger partial charge in [0.1, 0.15) is 24.2 Å². The summed E-state index contributed by atoms with van der Waals surface area (Å²) in [6.07, 6.45) is 3.07. The van der Waals surface area contributed by atoms with Crippen molar-refractivity contribution in [3.05, 3.63) is 71.8 Å². The summed E-state index contributed by atoms with van der Waals surface area (Å²) in [6.45, 7) is 0.432. The Labute approximate surface area is 159 Å². The second-order valence-corrected chi connectivity index (χ2v) is 6.30. The molecule has 0 aliphatic carbocycles. The average Bonchev–Trinajstić information content (AvgIpc) is 3.33. The molecule has 0 saturated carbocycles. The molecule has 0 atom stereocenters. The first-order valence-corrected chi connectivity index (χ1v) is 8.63. The lowest BCUT2D eigenvalue weighted by Crippen LogP contribution is -2.33. The monoisotopic (exact) mass is 373 g/mol. The lowest BCUT2D eigenvalue weighted by atomic mass is 10.2.